The number of methoxy groups -OCH3 is 1. The monoisotopic (exact) mass is 496 g/mol. The number of ether oxygens (including phenoxy) is 1. The molecular weight excluding hydrogens is 468 g/mol. The molecule has 5 rings (SSSR count). The van der Waals surface area contributed by atoms with E-state index in [2.05, 4.69) is 62.8 Å². The van der Waals surface area contributed by atoms with Crippen molar-refractivity contribution in [3.63, 3.8) is 0 Å². The molecule has 2 aromatic heterocycles. The van der Waals surface area contributed by atoms with E-state index in [-0.39, 0.29) is 0 Å². The van der Waals surface area contributed by atoms with E-state index in [1.807, 2.05) is 30.1 Å². The summed E-state index contributed by atoms with van der Waals surface area (Å²) in [5, 5.41) is 18.2. The first-order valence-corrected chi connectivity index (χ1v) is 11.9. The Labute approximate surface area is 214 Å². The second-order valence-electron chi connectivity index (χ2n) is 9.01. The molecule has 0 fully saturated rings. The van der Waals surface area contributed by atoms with E-state index in [1.165, 1.54) is 23.0 Å². The lowest BCUT2D eigenvalue weighted by Gasteiger charge is -2.17. The zero-order valence-corrected chi connectivity index (χ0v) is 21.0. The van der Waals surface area contributed by atoms with Crippen LogP contribution in [0.4, 0.5) is 5.69 Å². The first kappa shape index (κ1) is 24.1. The van der Waals surface area contributed by atoms with Gasteiger partial charge in [0.25, 0.3) is 0 Å². The van der Waals surface area contributed by atoms with E-state index in [0.29, 0.717) is 22.6 Å². The SMILES string of the molecule is COC(=O)c1ccc(-c2nnn(-c3ccc(CCN(C)Cc4ccc5c(cnn5C)c4)cc3)n2)c(N)c1. The van der Waals surface area contributed by atoms with Gasteiger partial charge < -0.3 is 15.4 Å². The van der Waals surface area contributed by atoms with Crippen LogP contribution in [0.1, 0.15) is 21.5 Å². The predicted octanol–water partition coefficient (Wildman–Crippen LogP) is 3.26. The number of aryl methyl sites for hydroxylation is 1. The zero-order chi connectivity index (χ0) is 25.9. The molecule has 0 bridgehead atoms. The quantitative estimate of drug-likeness (QED) is 0.257. The average Bonchev–Trinajstić information content (AvgIpc) is 3.54. The van der Waals surface area contributed by atoms with Crippen LogP contribution in [0.5, 0.6) is 0 Å². The summed E-state index contributed by atoms with van der Waals surface area (Å²) in [4.78, 5) is 15.5. The number of anilines is 1. The predicted molar refractivity (Wildman–Crippen MR) is 141 cm³/mol. The second kappa shape index (κ2) is 10.2. The first-order chi connectivity index (χ1) is 17.9. The molecule has 0 atom stereocenters. The van der Waals surface area contributed by atoms with E-state index >= 15 is 0 Å². The molecule has 3 aromatic carbocycles. The molecule has 0 radical (unpaired) electrons. The van der Waals surface area contributed by atoms with Gasteiger partial charge in [-0.3, -0.25) is 4.68 Å². The largest absolute Gasteiger partial charge is 0.465 e. The van der Waals surface area contributed by atoms with Crippen LogP contribution in [-0.4, -0.2) is 61.6 Å². The van der Waals surface area contributed by atoms with Crippen molar-refractivity contribution < 1.29 is 9.53 Å². The molecule has 188 valence electrons. The summed E-state index contributed by atoms with van der Waals surface area (Å²) in [5.74, 6) is -0.0727. The summed E-state index contributed by atoms with van der Waals surface area (Å²) < 4.78 is 6.62. The van der Waals surface area contributed by atoms with Gasteiger partial charge in [-0.25, -0.2) is 4.79 Å². The van der Waals surface area contributed by atoms with E-state index in [1.54, 1.807) is 18.2 Å². The van der Waals surface area contributed by atoms with Gasteiger partial charge in [-0.1, -0.05) is 18.2 Å². The van der Waals surface area contributed by atoms with Crippen LogP contribution >= 0.6 is 0 Å². The maximum absolute atomic E-state index is 11.7. The molecule has 2 heterocycles. The maximum atomic E-state index is 11.7. The van der Waals surface area contributed by atoms with Gasteiger partial charge in [-0.05, 0) is 72.3 Å². The second-order valence-corrected chi connectivity index (χ2v) is 9.01. The standard InChI is InChI=1S/C27H28N8O2/c1-33(17-19-6-11-25-21(14-19)16-29-34(25)2)13-12-18-4-8-22(9-5-18)35-31-26(30-32-35)23-10-7-20(15-24(23)28)27(36)37-3/h4-11,14-16H,12-13,17,28H2,1-3H3. The van der Waals surface area contributed by atoms with Crippen LogP contribution < -0.4 is 5.73 Å². The number of rotatable bonds is 8. The Morgan fingerprint density at radius 1 is 1.05 bits per heavy atom. The Hall–Kier alpha value is -4.57. The number of esters is 1. The molecule has 0 aliphatic carbocycles. The highest BCUT2D eigenvalue weighted by Gasteiger charge is 2.14. The molecule has 10 heteroatoms. The molecule has 2 N–H and O–H groups in total. The molecule has 10 nitrogen and oxygen atoms in total. The highest BCUT2D eigenvalue weighted by Crippen LogP contribution is 2.24. The fourth-order valence-electron chi connectivity index (χ4n) is 4.26. The van der Waals surface area contributed by atoms with Gasteiger partial charge in [0.05, 0.1) is 30.1 Å². The van der Waals surface area contributed by atoms with Gasteiger partial charge in [0.2, 0.25) is 5.82 Å². The number of likely N-dealkylation sites (N-methyl/N-ethyl adjacent to an activating group) is 1. The highest BCUT2D eigenvalue weighted by molar-refractivity contribution is 5.92. The number of hydrogen-bond acceptors (Lipinski definition) is 8. The summed E-state index contributed by atoms with van der Waals surface area (Å²) in [6.07, 6.45) is 2.83. The Kier molecular flexibility index (Phi) is 6.65. The fraction of sp³-hybridized carbons (Fsp3) is 0.222. The Balaban J connectivity index is 1.20. The molecule has 0 spiro atoms. The van der Waals surface area contributed by atoms with Crippen molar-refractivity contribution in [2.75, 3.05) is 26.4 Å². The smallest absolute Gasteiger partial charge is 0.337 e. The molecule has 37 heavy (non-hydrogen) atoms. The van der Waals surface area contributed by atoms with Gasteiger partial charge in [0.1, 0.15) is 0 Å². The number of aromatic nitrogens is 6. The third-order valence-electron chi connectivity index (χ3n) is 6.34. The van der Waals surface area contributed by atoms with E-state index in [0.717, 1.165) is 36.1 Å². The van der Waals surface area contributed by atoms with Crippen LogP contribution in [0.3, 0.4) is 0 Å². The molecule has 0 saturated heterocycles. The summed E-state index contributed by atoms with van der Waals surface area (Å²) in [6.45, 7) is 1.80. The van der Waals surface area contributed by atoms with Gasteiger partial charge in [0.15, 0.2) is 0 Å². The molecular formula is C27H28N8O2. The Morgan fingerprint density at radius 3 is 2.59 bits per heavy atom. The third-order valence-corrected chi connectivity index (χ3v) is 6.34. The average molecular weight is 497 g/mol. The van der Waals surface area contributed by atoms with E-state index in [9.17, 15) is 4.79 Å². The fourth-order valence-corrected chi connectivity index (χ4v) is 4.26. The van der Waals surface area contributed by atoms with Gasteiger partial charge in [-0.15, -0.1) is 15.0 Å². The number of carbonyl (C=O) groups is 1. The summed E-state index contributed by atoms with van der Waals surface area (Å²) in [6, 6.07) is 19.5. The van der Waals surface area contributed by atoms with Crippen LogP contribution in [0.15, 0.2) is 66.9 Å². The lowest BCUT2D eigenvalue weighted by Crippen LogP contribution is -2.20. The van der Waals surface area contributed by atoms with Crippen molar-refractivity contribution in [2.24, 2.45) is 7.05 Å². The summed E-state index contributed by atoms with van der Waals surface area (Å²) >= 11 is 0. The minimum absolute atomic E-state index is 0.368. The van der Waals surface area contributed by atoms with Crippen LogP contribution in [0, 0.1) is 0 Å². The molecule has 0 aliphatic heterocycles. The highest BCUT2D eigenvalue weighted by atomic mass is 16.5. The Bertz CT molecular complexity index is 1550. The van der Waals surface area contributed by atoms with Gasteiger partial charge >= 0.3 is 5.97 Å². The normalized spacial score (nSPS) is 11.4. The van der Waals surface area contributed by atoms with Gasteiger partial charge in [-0.2, -0.15) is 5.10 Å². The number of benzene rings is 3. The van der Waals surface area contributed by atoms with Crippen molar-refractivity contribution in [2.45, 2.75) is 13.0 Å². The summed E-state index contributed by atoms with van der Waals surface area (Å²) in [5.41, 5.74) is 11.9. The third kappa shape index (κ3) is 5.19. The molecule has 0 amide bonds. The lowest BCUT2D eigenvalue weighted by atomic mass is 10.1. The minimum Gasteiger partial charge on any atom is -0.465 e. The van der Waals surface area contributed by atoms with Crippen molar-refractivity contribution in [1.29, 1.82) is 0 Å². The number of fused-ring (bicyclic) bond motifs is 1. The minimum atomic E-state index is -0.451. The Morgan fingerprint density at radius 2 is 1.84 bits per heavy atom. The number of nitrogens with zero attached hydrogens (tertiary/aromatic N) is 7. The lowest BCUT2D eigenvalue weighted by molar-refractivity contribution is 0.0601. The number of carbonyl (C=O) groups excluding carboxylic acids is 1. The molecule has 5 aromatic rings. The topological polar surface area (TPSA) is 117 Å². The van der Waals surface area contributed by atoms with Crippen LogP contribution in [-0.2, 0) is 24.8 Å². The molecule has 0 aliphatic rings. The van der Waals surface area contributed by atoms with Gasteiger partial charge in [0, 0.05) is 36.8 Å². The van der Waals surface area contributed by atoms with Crippen LogP contribution in [0.2, 0.25) is 0 Å². The van der Waals surface area contributed by atoms with Crippen LogP contribution in [0.25, 0.3) is 28.0 Å². The number of nitrogens with two attached hydrogens (primary N) is 1. The van der Waals surface area contributed by atoms with Crippen molar-refractivity contribution in [1.82, 2.24) is 34.9 Å². The van der Waals surface area contributed by atoms with Crippen molar-refractivity contribution in [3.8, 4) is 17.1 Å². The molecule has 0 saturated carbocycles. The summed E-state index contributed by atoms with van der Waals surface area (Å²) in [7, 11) is 5.42. The zero-order valence-electron chi connectivity index (χ0n) is 21.0. The number of nitrogen functional groups attached to an aromatic ring is 1. The number of tetrazole rings is 1. The first-order valence-electron chi connectivity index (χ1n) is 11.9. The van der Waals surface area contributed by atoms with E-state index < -0.39 is 5.97 Å². The van der Waals surface area contributed by atoms with E-state index in [4.69, 9.17) is 10.5 Å². The van der Waals surface area contributed by atoms with Crippen molar-refractivity contribution >= 4 is 22.6 Å². The maximum Gasteiger partial charge on any atom is 0.337 e. The van der Waals surface area contributed by atoms with Crippen molar-refractivity contribution in [3.05, 3.63) is 83.6 Å². The number of hydrogen-bond donors (Lipinski definition) is 1. The molecule has 0 unspecified atom stereocenters.